The Kier molecular flexibility index (Phi) is 8.37. The van der Waals surface area contributed by atoms with Gasteiger partial charge in [0.15, 0.2) is 0 Å². The van der Waals surface area contributed by atoms with Crippen molar-refractivity contribution in [1.82, 2.24) is 0 Å². The van der Waals surface area contributed by atoms with Crippen LogP contribution in [0.2, 0.25) is 0 Å². The van der Waals surface area contributed by atoms with Crippen molar-refractivity contribution in [3.63, 3.8) is 0 Å². The summed E-state index contributed by atoms with van der Waals surface area (Å²) in [5.74, 6) is 2.27. The van der Waals surface area contributed by atoms with E-state index in [1.807, 2.05) is 23.5 Å². The van der Waals surface area contributed by atoms with Crippen LogP contribution in [-0.2, 0) is 5.75 Å². The Morgan fingerprint density at radius 3 is 2.53 bits per heavy atom. The highest BCUT2D eigenvalue weighted by molar-refractivity contribution is 8.21. The van der Waals surface area contributed by atoms with Crippen LogP contribution in [0.1, 0.15) is 38.2 Å². The number of hydrogen-bond donors (Lipinski definition) is 0. The fraction of sp³-hybridized carbons (Fsp3) is 0.467. The van der Waals surface area contributed by atoms with Crippen molar-refractivity contribution in [2.75, 3.05) is 5.75 Å². The predicted molar refractivity (Wildman–Crippen MR) is 83.5 cm³/mol. The lowest BCUT2D eigenvalue weighted by atomic mass is 10.2. The zero-order valence-electron chi connectivity index (χ0n) is 10.7. The zero-order chi connectivity index (χ0) is 12.3. The Morgan fingerprint density at radius 2 is 1.82 bits per heavy atom. The molecule has 0 fully saturated rings. The van der Waals surface area contributed by atoms with Gasteiger partial charge in [-0.25, -0.2) is 0 Å². The maximum absolute atomic E-state index is 4.11. The SMILES string of the molecule is C=C(SCCCCCC)SCc1ccccc1. The molecule has 0 saturated heterocycles. The van der Waals surface area contributed by atoms with Gasteiger partial charge in [0, 0.05) is 9.99 Å². The summed E-state index contributed by atoms with van der Waals surface area (Å²) in [7, 11) is 0. The van der Waals surface area contributed by atoms with E-state index in [9.17, 15) is 0 Å². The van der Waals surface area contributed by atoms with E-state index in [0.717, 1.165) is 5.75 Å². The average molecular weight is 266 g/mol. The number of rotatable bonds is 9. The molecule has 1 aromatic carbocycles. The molecule has 0 radical (unpaired) electrons. The molecule has 0 bridgehead atoms. The smallest absolute Gasteiger partial charge is 0.0331 e. The first-order valence-electron chi connectivity index (χ1n) is 6.31. The molecule has 0 aliphatic rings. The Bertz CT molecular complexity index is 306. The minimum absolute atomic E-state index is 1.04. The van der Waals surface area contributed by atoms with Crippen molar-refractivity contribution in [2.24, 2.45) is 0 Å². The van der Waals surface area contributed by atoms with Gasteiger partial charge < -0.3 is 0 Å². The molecule has 1 aromatic rings. The molecule has 17 heavy (non-hydrogen) atoms. The van der Waals surface area contributed by atoms with E-state index in [4.69, 9.17) is 0 Å². The largest absolute Gasteiger partial charge is 0.120 e. The maximum atomic E-state index is 4.11. The molecule has 0 nitrogen and oxygen atoms in total. The van der Waals surface area contributed by atoms with Crippen LogP contribution >= 0.6 is 23.5 Å². The molecule has 0 N–H and O–H groups in total. The highest BCUT2D eigenvalue weighted by atomic mass is 32.2. The first kappa shape index (κ1) is 14.7. The molecule has 94 valence electrons. The summed E-state index contributed by atoms with van der Waals surface area (Å²) >= 11 is 3.78. The lowest BCUT2D eigenvalue weighted by Crippen LogP contribution is -1.82. The molecule has 2 heteroatoms. The summed E-state index contributed by atoms with van der Waals surface area (Å²) in [6.45, 7) is 6.37. The molecule has 0 aromatic heterocycles. The second kappa shape index (κ2) is 9.67. The van der Waals surface area contributed by atoms with Crippen LogP contribution in [-0.4, -0.2) is 5.75 Å². The molecule has 0 spiro atoms. The van der Waals surface area contributed by atoms with Crippen LogP contribution in [0, 0.1) is 0 Å². The first-order valence-corrected chi connectivity index (χ1v) is 8.28. The van der Waals surface area contributed by atoms with Gasteiger partial charge in [-0.05, 0) is 17.7 Å². The van der Waals surface area contributed by atoms with Crippen molar-refractivity contribution in [3.05, 3.63) is 46.7 Å². The second-order valence-corrected chi connectivity index (χ2v) is 6.57. The van der Waals surface area contributed by atoms with Gasteiger partial charge in [0.2, 0.25) is 0 Å². The number of benzene rings is 1. The van der Waals surface area contributed by atoms with Crippen LogP contribution < -0.4 is 0 Å². The van der Waals surface area contributed by atoms with Gasteiger partial charge in [-0.15, -0.1) is 23.5 Å². The fourth-order valence-electron chi connectivity index (χ4n) is 1.49. The summed E-state index contributed by atoms with van der Waals surface area (Å²) in [5, 5.41) is 0. The minimum atomic E-state index is 1.04. The van der Waals surface area contributed by atoms with Crippen LogP contribution in [0.3, 0.4) is 0 Å². The van der Waals surface area contributed by atoms with Crippen molar-refractivity contribution < 1.29 is 0 Å². The highest BCUT2D eigenvalue weighted by Crippen LogP contribution is 2.30. The van der Waals surface area contributed by atoms with E-state index in [2.05, 4.69) is 43.8 Å². The Morgan fingerprint density at radius 1 is 1.06 bits per heavy atom. The quantitative estimate of drug-likeness (QED) is 0.525. The van der Waals surface area contributed by atoms with Crippen molar-refractivity contribution >= 4 is 23.5 Å². The number of thioether (sulfide) groups is 2. The molecule has 1 rings (SSSR count). The molecule has 0 unspecified atom stereocenters. The third-order valence-corrected chi connectivity index (χ3v) is 4.83. The minimum Gasteiger partial charge on any atom is -0.120 e. The van der Waals surface area contributed by atoms with Gasteiger partial charge in [0.05, 0.1) is 0 Å². The summed E-state index contributed by atoms with van der Waals surface area (Å²) in [6.07, 6.45) is 5.36. The Balaban J connectivity index is 2.05. The predicted octanol–water partition coefficient (Wildman–Crippen LogP) is 5.70. The maximum Gasteiger partial charge on any atom is 0.0331 e. The van der Waals surface area contributed by atoms with Gasteiger partial charge in [-0.3, -0.25) is 0 Å². The third kappa shape index (κ3) is 7.56. The van der Waals surface area contributed by atoms with E-state index in [1.165, 1.54) is 41.2 Å². The molecule has 0 aliphatic heterocycles. The standard InChI is InChI=1S/C15H22S2/c1-3-4-5-9-12-16-14(2)17-13-15-10-7-6-8-11-15/h6-8,10-11H,2-5,9,12-13H2,1H3. The fourth-order valence-corrected chi connectivity index (χ4v) is 3.35. The summed E-state index contributed by atoms with van der Waals surface area (Å²) in [4.78, 5) is 0. The van der Waals surface area contributed by atoms with Crippen LogP contribution in [0.25, 0.3) is 0 Å². The summed E-state index contributed by atoms with van der Waals surface area (Å²) in [6, 6.07) is 10.6. The highest BCUT2D eigenvalue weighted by Gasteiger charge is 1.98. The average Bonchev–Trinajstić information content (AvgIpc) is 2.37. The van der Waals surface area contributed by atoms with Gasteiger partial charge >= 0.3 is 0 Å². The van der Waals surface area contributed by atoms with E-state index in [1.54, 1.807) is 0 Å². The molecular weight excluding hydrogens is 244 g/mol. The number of unbranched alkanes of at least 4 members (excludes halogenated alkanes) is 3. The molecule has 0 heterocycles. The Hall–Kier alpha value is -0.340. The molecule has 0 amide bonds. The lowest BCUT2D eigenvalue weighted by molar-refractivity contribution is 0.707. The molecule has 0 aliphatic carbocycles. The van der Waals surface area contributed by atoms with E-state index in [-0.39, 0.29) is 0 Å². The van der Waals surface area contributed by atoms with Crippen molar-refractivity contribution in [3.8, 4) is 0 Å². The monoisotopic (exact) mass is 266 g/mol. The normalized spacial score (nSPS) is 10.4. The molecule has 0 saturated carbocycles. The van der Waals surface area contributed by atoms with Crippen LogP contribution in [0.4, 0.5) is 0 Å². The van der Waals surface area contributed by atoms with Crippen LogP contribution in [0.5, 0.6) is 0 Å². The van der Waals surface area contributed by atoms with Gasteiger partial charge in [0.1, 0.15) is 0 Å². The summed E-state index contributed by atoms with van der Waals surface area (Å²) in [5.41, 5.74) is 1.38. The molecular formula is C15H22S2. The third-order valence-electron chi connectivity index (χ3n) is 2.50. The van der Waals surface area contributed by atoms with Gasteiger partial charge in [-0.2, -0.15) is 0 Å². The topological polar surface area (TPSA) is 0 Å². The van der Waals surface area contributed by atoms with Crippen molar-refractivity contribution in [1.29, 1.82) is 0 Å². The Labute approximate surface area is 114 Å². The zero-order valence-corrected chi connectivity index (χ0v) is 12.3. The van der Waals surface area contributed by atoms with Crippen molar-refractivity contribution in [2.45, 2.75) is 38.4 Å². The first-order chi connectivity index (χ1) is 8.33. The van der Waals surface area contributed by atoms with Crippen LogP contribution in [0.15, 0.2) is 41.1 Å². The van der Waals surface area contributed by atoms with Gasteiger partial charge in [-0.1, -0.05) is 63.1 Å². The van der Waals surface area contributed by atoms with Gasteiger partial charge in [0.25, 0.3) is 0 Å². The number of hydrogen-bond acceptors (Lipinski definition) is 2. The lowest BCUT2D eigenvalue weighted by Gasteiger charge is -2.05. The molecule has 0 atom stereocenters. The van der Waals surface area contributed by atoms with E-state index >= 15 is 0 Å². The second-order valence-electron chi connectivity index (χ2n) is 4.06. The van der Waals surface area contributed by atoms with E-state index < -0.39 is 0 Å². The summed E-state index contributed by atoms with van der Waals surface area (Å²) < 4.78 is 1.25. The van der Waals surface area contributed by atoms with E-state index in [0.29, 0.717) is 0 Å².